The van der Waals surface area contributed by atoms with Crippen molar-refractivity contribution in [1.82, 2.24) is 4.72 Å². The summed E-state index contributed by atoms with van der Waals surface area (Å²) in [5.74, 6) is 0. The molecule has 0 amide bonds. The Labute approximate surface area is 121 Å². The van der Waals surface area contributed by atoms with Gasteiger partial charge in [-0.15, -0.1) is 0 Å². The number of rotatable bonds is 6. The van der Waals surface area contributed by atoms with E-state index in [9.17, 15) is 8.42 Å². The zero-order valence-electron chi connectivity index (χ0n) is 12.3. The van der Waals surface area contributed by atoms with Crippen LogP contribution in [0.5, 0.6) is 0 Å². The summed E-state index contributed by atoms with van der Waals surface area (Å²) in [6.07, 6.45) is 4.51. The van der Waals surface area contributed by atoms with Crippen LogP contribution < -0.4 is 10.5 Å². The molecule has 2 rings (SSSR count). The zero-order chi connectivity index (χ0) is 14.8. The highest BCUT2D eigenvalue weighted by atomic mass is 32.2. The largest absolute Gasteiger partial charge is 0.329 e. The van der Waals surface area contributed by atoms with Gasteiger partial charge in [0.1, 0.15) is 0 Å². The lowest BCUT2D eigenvalue weighted by atomic mass is 9.95. The van der Waals surface area contributed by atoms with Crippen molar-refractivity contribution in [2.45, 2.75) is 56.4 Å². The molecule has 0 saturated carbocycles. The molecule has 3 N–H and O–H groups in total. The van der Waals surface area contributed by atoms with E-state index in [2.05, 4.69) is 4.72 Å². The molecule has 0 radical (unpaired) electrons. The van der Waals surface area contributed by atoms with E-state index < -0.39 is 15.6 Å². The Balaban J connectivity index is 2.31. The summed E-state index contributed by atoms with van der Waals surface area (Å²) in [4.78, 5) is 0.359. The molecule has 1 aromatic rings. The minimum atomic E-state index is -3.51. The van der Waals surface area contributed by atoms with Crippen LogP contribution in [0, 0.1) is 0 Å². The summed E-state index contributed by atoms with van der Waals surface area (Å²) >= 11 is 0. The quantitative estimate of drug-likeness (QED) is 0.843. The standard InChI is InChI=1S/C15H24N2O2S/c1-3-15(4-2,11-16)17-20(18,19)14-9-8-12-6-5-7-13(12)10-14/h8-10,17H,3-7,11,16H2,1-2H3. The van der Waals surface area contributed by atoms with Crippen molar-refractivity contribution in [3.63, 3.8) is 0 Å². The topological polar surface area (TPSA) is 72.2 Å². The second-order valence-corrected chi connectivity index (χ2v) is 7.26. The molecule has 0 bridgehead atoms. The normalized spacial score (nSPS) is 15.3. The third-order valence-electron chi connectivity index (χ3n) is 4.48. The van der Waals surface area contributed by atoms with E-state index in [4.69, 9.17) is 5.73 Å². The first-order valence-electron chi connectivity index (χ1n) is 7.32. The molecule has 0 unspecified atom stereocenters. The molecule has 0 aromatic heterocycles. The fourth-order valence-corrected chi connectivity index (χ4v) is 4.39. The molecule has 20 heavy (non-hydrogen) atoms. The molecule has 0 fully saturated rings. The second-order valence-electron chi connectivity index (χ2n) is 5.58. The summed E-state index contributed by atoms with van der Waals surface area (Å²) in [6.45, 7) is 4.23. The molecule has 4 nitrogen and oxygen atoms in total. The van der Waals surface area contributed by atoms with E-state index in [1.807, 2.05) is 26.0 Å². The highest BCUT2D eigenvalue weighted by Gasteiger charge is 2.31. The van der Waals surface area contributed by atoms with Crippen molar-refractivity contribution in [1.29, 1.82) is 0 Å². The predicted octanol–water partition coefficient (Wildman–Crippen LogP) is 1.97. The van der Waals surface area contributed by atoms with Gasteiger partial charge in [-0.25, -0.2) is 13.1 Å². The van der Waals surface area contributed by atoms with Crippen molar-refractivity contribution >= 4 is 10.0 Å². The van der Waals surface area contributed by atoms with Crippen LogP contribution in [-0.2, 0) is 22.9 Å². The van der Waals surface area contributed by atoms with E-state index in [1.54, 1.807) is 6.07 Å². The molecule has 0 spiro atoms. The predicted molar refractivity (Wildman–Crippen MR) is 81.2 cm³/mol. The molecular formula is C15H24N2O2S. The summed E-state index contributed by atoms with van der Waals surface area (Å²) in [5, 5.41) is 0. The summed E-state index contributed by atoms with van der Waals surface area (Å²) in [5.41, 5.74) is 7.68. The minimum absolute atomic E-state index is 0.310. The average Bonchev–Trinajstić information content (AvgIpc) is 2.92. The summed E-state index contributed by atoms with van der Waals surface area (Å²) < 4.78 is 27.9. The maximum absolute atomic E-state index is 12.6. The number of fused-ring (bicyclic) bond motifs is 1. The lowest BCUT2D eigenvalue weighted by molar-refractivity contribution is 0.363. The smallest absolute Gasteiger partial charge is 0.241 e. The number of aryl methyl sites for hydroxylation is 2. The zero-order valence-corrected chi connectivity index (χ0v) is 13.1. The van der Waals surface area contributed by atoms with Gasteiger partial charge in [0.25, 0.3) is 0 Å². The Morgan fingerprint density at radius 2 is 1.85 bits per heavy atom. The number of benzene rings is 1. The van der Waals surface area contributed by atoms with Crippen LogP contribution in [0.15, 0.2) is 23.1 Å². The molecule has 0 aliphatic heterocycles. The van der Waals surface area contributed by atoms with Gasteiger partial charge in [0.2, 0.25) is 10.0 Å². The number of hydrogen-bond donors (Lipinski definition) is 2. The van der Waals surface area contributed by atoms with Gasteiger partial charge in [0, 0.05) is 12.1 Å². The van der Waals surface area contributed by atoms with Gasteiger partial charge in [-0.3, -0.25) is 0 Å². The first kappa shape index (κ1) is 15.5. The molecule has 1 aliphatic carbocycles. The number of sulfonamides is 1. The maximum atomic E-state index is 12.6. The number of nitrogens with two attached hydrogens (primary N) is 1. The highest BCUT2D eigenvalue weighted by Crippen LogP contribution is 2.26. The average molecular weight is 296 g/mol. The van der Waals surface area contributed by atoms with Gasteiger partial charge in [-0.1, -0.05) is 19.9 Å². The van der Waals surface area contributed by atoms with Gasteiger partial charge in [0.05, 0.1) is 4.90 Å². The fraction of sp³-hybridized carbons (Fsp3) is 0.600. The van der Waals surface area contributed by atoms with Gasteiger partial charge >= 0.3 is 0 Å². The first-order chi connectivity index (χ1) is 9.46. The monoisotopic (exact) mass is 296 g/mol. The molecule has 0 atom stereocenters. The van der Waals surface area contributed by atoms with Gasteiger partial charge in [-0.05, 0) is 55.4 Å². The van der Waals surface area contributed by atoms with E-state index in [0.717, 1.165) is 19.3 Å². The molecular weight excluding hydrogens is 272 g/mol. The van der Waals surface area contributed by atoms with E-state index >= 15 is 0 Å². The van der Waals surface area contributed by atoms with Gasteiger partial charge in [-0.2, -0.15) is 0 Å². The van der Waals surface area contributed by atoms with Crippen molar-refractivity contribution in [2.24, 2.45) is 5.73 Å². The highest BCUT2D eigenvalue weighted by molar-refractivity contribution is 7.89. The van der Waals surface area contributed by atoms with Crippen LogP contribution in [0.3, 0.4) is 0 Å². The maximum Gasteiger partial charge on any atom is 0.241 e. The lowest BCUT2D eigenvalue weighted by Crippen LogP contribution is -2.52. The van der Waals surface area contributed by atoms with Gasteiger partial charge < -0.3 is 5.73 Å². The van der Waals surface area contributed by atoms with Crippen LogP contribution in [0.25, 0.3) is 0 Å². The Kier molecular flexibility index (Phi) is 4.52. The SMILES string of the molecule is CCC(CC)(CN)NS(=O)(=O)c1ccc2c(c1)CCC2. The Hall–Kier alpha value is -0.910. The Morgan fingerprint density at radius 3 is 2.45 bits per heavy atom. The first-order valence-corrected chi connectivity index (χ1v) is 8.80. The van der Waals surface area contributed by atoms with Crippen molar-refractivity contribution in [2.75, 3.05) is 6.54 Å². The molecule has 112 valence electrons. The van der Waals surface area contributed by atoms with E-state index in [1.165, 1.54) is 11.1 Å². The minimum Gasteiger partial charge on any atom is -0.329 e. The molecule has 0 heterocycles. The van der Waals surface area contributed by atoms with E-state index in [-0.39, 0.29) is 0 Å². The third-order valence-corrected chi connectivity index (χ3v) is 6.05. The van der Waals surface area contributed by atoms with E-state index in [0.29, 0.717) is 24.3 Å². The molecule has 0 saturated heterocycles. The second kappa shape index (κ2) is 5.84. The Bertz CT molecular complexity index is 569. The van der Waals surface area contributed by atoms with Crippen LogP contribution in [0.1, 0.15) is 44.2 Å². The third kappa shape index (κ3) is 2.90. The fourth-order valence-electron chi connectivity index (χ4n) is 2.78. The number of nitrogens with one attached hydrogen (secondary N) is 1. The lowest BCUT2D eigenvalue weighted by Gasteiger charge is -2.31. The van der Waals surface area contributed by atoms with Crippen molar-refractivity contribution in [3.05, 3.63) is 29.3 Å². The summed E-state index contributed by atoms with van der Waals surface area (Å²) in [7, 11) is -3.51. The number of hydrogen-bond acceptors (Lipinski definition) is 3. The molecule has 1 aromatic carbocycles. The Morgan fingerprint density at radius 1 is 1.20 bits per heavy atom. The van der Waals surface area contributed by atoms with Crippen LogP contribution in [0.2, 0.25) is 0 Å². The van der Waals surface area contributed by atoms with Crippen LogP contribution in [0.4, 0.5) is 0 Å². The van der Waals surface area contributed by atoms with Gasteiger partial charge in [0.15, 0.2) is 0 Å². The molecule has 5 heteroatoms. The summed E-state index contributed by atoms with van der Waals surface area (Å²) in [6, 6.07) is 5.47. The van der Waals surface area contributed by atoms with Crippen molar-refractivity contribution < 1.29 is 8.42 Å². The molecule has 1 aliphatic rings. The van der Waals surface area contributed by atoms with Crippen molar-refractivity contribution in [3.8, 4) is 0 Å². The van der Waals surface area contributed by atoms with Crippen LogP contribution >= 0.6 is 0 Å². The van der Waals surface area contributed by atoms with Crippen LogP contribution in [-0.4, -0.2) is 20.5 Å².